The Morgan fingerprint density at radius 2 is 1.65 bits per heavy atom. The van der Waals surface area contributed by atoms with Crippen molar-refractivity contribution in [1.82, 2.24) is 0 Å². The van der Waals surface area contributed by atoms with Crippen LogP contribution in [-0.2, 0) is 0 Å². The Labute approximate surface area is 113 Å². The highest BCUT2D eigenvalue weighted by molar-refractivity contribution is 6.08. The van der Waals surface area contributed by atoms with Crippen LogP contribution in [0.3, 0.4) is 0 Å². The van der Waals surface area contributed by atoms with Crippen molar-refractivity contribution in [1.29, 1.82) is 0 Å². The predicted octanol–water partition coefficient (Wildman–Crippen LogP) is 3.40. The standard InChI is InChI=1S/C14H11F3N2O/c1-18-12-5-3-2-4-9(12)14(20)19-13-10(16)6-8(15)7-11(13)17/h2-7,18H,1H3,(H,19,20). The molecule has 20 heavy (non-hydrogen) atoms. The van der Waals surface area contributed by atoms with E-state index in [4.69, 9.17) is 0 Å². The summed E-state index contributed by atoms with van der Waals surface area (Å²) < 4.78 is 39.7. The summed E-state index contributed by atoms with van der Waals surface area (Å²) in [6.45, 7) is 0. The number of carbonyl (C=O) groups is 1. The van der Waals surface area contributed by atoms with E-state index in [1.807, 2.05) is 0 Å². The van der Waals surface area contributed by atoms with Crippen LogP contribution in [0.2, 0.25) is 0 Å². The second-order valence-corrected chi connectivity index (χ2v) is 3.99. The second kappa shape index (κ2) is 5.64. The van der Waals surface area contributed by atoms with Crippen molar-refractivity contribution in [2.45, 2.75) is 0 Å². The van der Waals surface area contributed by atoms with E-state index in [9.17, 15) is 18.0 Å². The van der Waals surface area contributed by atoms with Gasteiger partial charge >= 0.3 is 0 Å². The van der Waals surface area contributed by atoms with Gasteiger partial charge in [0.25, 0.3) is 5.91 Å². The van der Waals surface area contributed by atoms with Crippen molar-refractivity contribution in [2.24, 2.45) is 0 Å². The van der Waals surface area contributed by atoms with Crippen LogP contribution in [-0.4, -0.2) is 13.0 Å². The van der Waals surface area contributed by atoms with E-state index in [-0.39, 0.29) is 5.56 Å². The summed E-state index contributed by atoms with van der Waals surface area (Å²) in [5.74, 6) is -4.08. The molecule has 0 saturated heterocycles. The van der Waals surface area contributed by atoms with Crippen molar-refractivity contribution in [2.75, 3.05) is 17.7 Å². The molecular weight excluding hydrogens is 269 g/mol. The average Bonchev–Trinajstić information content (AvgIpc) is 2.42. The minimum atomic E-state index is -1.17. The number of rotatable bonds is 3. The molecule has 0 unspecified atom stereocenters. The van der Waals surface area contributed by atoms with Gasteiger partial charge in [0.2, 0.25) is 0 Å². The number of benzene rings is 2. The largest absolute Gasteiger partial charge is 0.387 e. The summed E-state index contributed by atoms with van der Waals surface area (Å²) in [4.78, 5) is 12.0. The van der Waals surface area contributed by atoms with E-state index in [0.29, 0.717) is 17.8 Å². The fourth-order valence-electron chi connectivity index (χ4n) is 1.74. The van der Waals surface area contributed by atoms with Gasteiger partial charge in [-0.25, -0.2) is 13.2 Å². The highest BCUT2D eigenvalue weighted by Gasteiger charge is 2.16. The Kier molecular flexibility index (Phi) is 3.93. The molecule has 0 bridgehead atoms. The predicted molar refractivity (Wildman–Crippen MR) is 70.3 cm³/mol. The van der Waals surface area contributed by atoms with Crippen LogP contribution in [0.1, 0.15) is 10.4 Å². The molecule has 2 rings (SSSR count). The Morgan fingerprint density at radius 3 is 2.25 bits per heavy atom. The first kappa shape index (κ1) is 13.9. The molecule has 0 atom stereocenters. The van der Waals surface area contributed by atoms with Gasteiger partial charge in [0.1, 0.15) is 11.5 Å². The van der Waals surface area contributed by atoms with Crippen molar-refractivity contribution in [3.8, 4) is 0 Å². The Hall–Kier alpha value is -2.50. The molecule has 0 aliphatic carbocycles. The lowest BCUT2D eigenvalue weighted by atomic mass is 10.1. The molecule has 6 heteroatoms. The van der Waals surface area contributed by atoms with Gasteiger partial charge in [0.05, 0.1) is 5.56 Å². The zero-order chi connectivity index (χ0) is 14.7. The summed E-state index contributed by atoms with van der Waals surface area (Å²) in [6.07, 6.45) is 0. The highest BCUT2D eigenvalue weighted by atomic mass is 19.1. The van der Waals surface area contributed by atoms with Gasteiger partial charge in [-0.1, -0.05) is 12.1 Å². The van der Waals surface area contributed by atoms with Gasteiger partial charge in [-0.15, -0.1) is 0 Å². The molecule has 2 aromatic carbocycles. The average molecular weight is 280 g/mol. The monoisotopic (exact) mass is 280 g/mol. The molecule has 0 aliphatic rings. The lowest BCUT2D eigenvalue weighted by molar-refractivity contribution is 0.102. The fourth-order valence-corrected chi connectivity index (χ4v) is 1.74. The van der Waals surface area contributed by atoms with Gasteiger partial charge in [-0.05, 0) is 12.1 Å². The smallest absolute Gasteiger partial charge is 0.257 e. The molecule has 2 aromatic rings. The summed E-state index contributed by atoms with van der Waals surface area (Å²) in [7, 11) is 1.62. The molecule has 2 N–H and O–H groups in total. The van der Waals surface area contributed by atoms with Gasteiger partial charge in [-0.3, -0.25) is 4.79 Å². The van der Waals surface area contributed by atoms with Crippen LogP contribution in [0.25, 0.3) is 0 Å². The van der Waals surface area contributed by atoms with E-state index in [1.54, 1.807) is 25.2 Å². The topological polar surface area (TPSA) is 41.1 Å². The zero-order valence-electron chi connectivity index (χ0n) is 10.5. The second-order valence-electron chi connectivity index (χ2n) is 3.99. The van der Waals surface area contributed by atoms with E-state index < -0.39 is 29.0 Å². The summed E-state index contributed by atoms with van der Waals surface area (Å²) >= 11 is 0. The SMILES string of the molecule is CNc1ccccc1C(=O)Nc1c(F)cc(F)cc1F. The normalized spacial score (nSPS) is 10.2. The van der Waals surface area contributed by atoms with Gasteiger partial charge in [-0.2, -0.15) is 0 Å². The highest BCUT2D eigenvalue weighted by Crippen LogP contribution is 2.22. The van der Waals surface area contributed by atoms with Gasteiger partial charge in [0.15, 0.2) is 11.6 Å². The first-order valence-electron chi connectivity index (χ1n) is 5.75. The maximum Gasteiger partial charge on any atom is 0.257 e. The maximum atomic E-state index is 13.5. The number of para-hydroxylation sites is 1. The number of amides is 1. The summed E-state index contributed by atoms with van der Waals surface area (Å²) in [5, 5.41) is 4.89. The Morgan fingerprint density at radius 1 is 1.05 bits per heavy atom. The molecule has 0 spiro atoms. The van der Waals surface area contributed by atoms with E-state index in [2.05, 4.69) is 10.6 Å². The first-order valence-corrected chi connectivity index (χ1v) is 5.75. The van der Waals surface area contributed by atoms with Crippen LogP contribution in [0.15, 0.2) is 36.4 Å². The lowest BCUT2D eigenvalue weighted by Gasteiger charge is -2.11. The van der Waals surface area contributed by atoms with E-state index >= 15 is 0 Å². The van der Waals surface area contributed by atoms with Crippen molar-refractivity contribution in [3.63, 3.8) is 0 Å². The maximum absolute atomic E-state index is 13.5. The van der Waals surface area contributed by atoms with Crippen LogP contribution < -0.4 is 10.6 Å². The molecule has 0 saturated carbocycles. The number of halogens is 3. The van der Waals surface area contributed by atoms with Crippen LogP contribution in [0, 0.1) is 17.5 Å². The molecule has 0 radical (unpaired) electrons. The first-order chi connectivity index (χ1) is 9.52. The number of carbonyl (C=O) groups excluding carboxylic acids is 1. The molecule has 0 aromatic heterocycles. The molecule has 0 aliphatic heterocycles. The summed E-state index contributed by atoms with van der Waals surface area (Å²) in [5.41, 5.74) is 0.0494. The third kappa shape index (κ3) is 2.74. The minimum absolute atomic E-state index is 0.220. The minimum Gasteiger partial charge on any atom is -0.387 e. The van der Waals surface area contributed by atoms with E-state index in [0.717, 1.165) is 0 Å². The lowest BCUT2D eigenvalue weighted by Crippen LogP contribution is -2.16. The van der Waals surface area contributed by atoms with Crippen molar-refractivity contribution in [3.05, 3.63) is 59.4 Å². The number of anilines is 2. The van der Waals surface area contributed by atoms with Gasteiger partial charge in [0, 0.05) is 24.9 Å². The Balaban J connectivity index is 2.33. The number of nitrogens with one attached hydrogen (secondary N) is 2. The van der Waals surface area contributed by atoms with Crippen molar-refractivity contribution < 1.29 is 18.0 Å². The zero-order valence-corrected chi connectivity index (χ0v) is 10.5. The molecule has 3 nitrogen and oxygen atoms in total. The molecular formula is C14H11F3N2O. The number of hydrogen-bond donors (Lipinski definition) is 2. The third-order valence-corrected chi connectivity index (χ3v) is 2.69. The molecule has 0 heterocycles. The molecule has 1 amide bonds. The fraction of sp³-hybridized carbons (Fsp3) is 0.0714. The summed E-state index contributed by atoms with van der Waals surface area (Å²) in [6, 6.07) is 7.48. The quantitative estimate of drug-likeness (QED) is 0.904. The number of hydrogen-bond acceptors (Lipinski definition) is 2. The Bertz CT molecular complexity index is 636. The molecule has 104 valence electrons. The van der Waals surface area contributed by atoms with Crippen LogP contribution >= 0.6 is 0 Å². The van der Waals surface area contributed by atoms with Crippen LogP contribution in [0.5, 0.6) is 0 Å². The molecule has 0 fully saturated rings. The van der Waals surface area contributed by atoms with Crippen molar-refractivity contribution >= 4 is 17.3 Å². The van der Waals surface area contributed by atoms with E-state index in [1.165, 1.54) is 6.07 Å². The van der Waals surface area contributed by atoms with Gasteiger partial charge < -0.3 is 10.6 Å². The third-order valence-electron chi connectivity index (χ3n) is 2.69. The van der Waals surface area contributed by atoms with Crippen LogP contribution in [0.4, 0.5) is 24.5 Å².